The maximum Gasteiger partial charge on any atom is 0.300 e. The average molecular weight is 178 g/mol. The summed E-state index contributed by atoms with van der Waals surface area (Å²) in [6.07, 6.45) is 1.03. The van der Waals surface area contributed by atoms with Crippen LogP contribution in [0.3, 0.4) is 0 Å². The van der Waals surface area contributed by atoms with Crippen LogP contribution in [0.4, 0.5) is 8.78 Å². The van der Waals surface area contributed by atoms with Crippen LogP contribution in [0.2, 0.25) is 0 Å². The van der Waals surface area contributed by atoms with Gasteiger partial charge in [-0.25, -0.2) is 4.98 Å². The van der Waals surface area contributed by atoms with E-state index in [2.05, 4.69) is 4.98 Å². The van der Waals surface area contributed by atoms with Gasteiger partial charge in [-0.15, -0.1) is 11.3 Å². The van der Waals surface area contributed by atoms with E-state index in [0.29, 0.717) is 0 Å². The molecule has 1 aromatic rings. The normalized spacial score (nSPS) is 11.9. The molecule has 0 saturated heterocycles. The van der Waals surface area contributed by atoms with Gasteiger partial charge in [-0.3, -0.25) is 0 Å². The quantitative estimate of drug-likeness (QED) is 0.763. The third kappa shape index (κ3) is 1.94. The number of hydrogen-bond donors (Lipinski definition) is 1. The van der Waals surface area contributed by atoms with Crippen molar-refractivity contribution in [1.82, 2.24) is 4.98 Å². The highest BCUT2D eigenvalue weighted by molar-refractivity contribution is 7.09. The van der Waals surface area contributed by atoms with Gasteiger partial charge in [-0.1, -0.05) is 0 Å². The number of rotatable bonds is 3. The van der Waals surface area contributed by atoms with Gasteiger partial charge in [0.05, 0.1) is 0 Å². The van der Waals surface area contributed by atoms with Crippen molar-refractivity contribution in [3.63, 3.8) is 0 Å². The van der Waals surface area contributed by atoms with E-state index in [-0.39, 0.29) is 18.0 Å². The third-order valence-electron chi connectivity index (χ3n) is 1.20. The van der Waals surface area contributed by atoms with Gasteiger partial charge < -0.3 is 5.73 Å². The van der Waals surface area contributed by atoms with E-state index < -0.39 is 5.92 Å². The van der Waals surface area contributed by atoms with Gasteiger partial charge >= 0.3 is 0 Å². The summed E-state index contributed by atoms with van der Waals surface area (Å²) in [5.74, 6) is -2.84. The Labute approximate surface area is 67.1 Å². The van der Waals surface area contributed by atoms with Crippen LogP contribution in [-0.4, -0.2) is 11.5 Å². The second-order valence-corrected chi connectivity index (χ2v) is 2.97. The first-order valence-corrected chi connectivity index (χ1v) is 4.02. The van der Waals surface area contributed by atoms with Gasteiger partial charge in [0.15, 0.2) is 5.01 Å². The van der Waals surface area contributed by atoms with Crippen molar-refractivity contribution in [2.75, 3.05) is 6.54 Å². The first-order valence-electron chi connectivity index (χ1n) is 3.14. The van der Waals surface area contributed by atoms with Crippen LogP contribution >= 0.6 is 11.3 Å². The van der Waals surface area contributed by atoms with Gasteiger partial charge in [-0.2, -0.15) is 8.78 Å². The summed E-state index contributed by atoms with van der Waals surface area (Å²) in [7, 11) is 0. The fraction of sp³-hybridized carbons (Fsp3) is 0.500. The summed E-state index contributed by atoms with van der Waals surface area (Å²) in [4.78, 5) is 3.52. The summed E-state index contributed by atoms with van der Waals surface area (Å²) >= 11 is 0.953. The summed E-state index contributed by atoms with van der Waals surface area (Å²) in [5.41, 5.74) is 5.02. The van der Waals surface area contributed by atoms with Crippen molar-refractivity contribution in [3.05, 3.63) is 16.6 Å². The molecule has 62 valence electrons. The van der Waals surface area contributed by atoms with Gasteiger partial charge in [0, 0.05) is 18.0 Å². The van der Waals surface area contributed by atoms with E-state index >= 15 is 0 Å². The van der Waals surface area contributed by atoms with E-state index in [1.165, 1.54) is 11.6 Å². The molecule has 0 saturated carbocycles. The first kappa shape index (κ1) is 8.55. The van der Waals surface area contributed by atoms with Gasteiger partial charge in [0.2, 0.25) is 0 Å². The van der Waals surface area contributed by atoms with Crippen molar-refractivity contribution in [2.45, 2.75) is 12.3 Å². The van der Waals surface area contributed by atoms with Crippen molar-refractivity contribution in [2.24, 2.45) is 5.73 Å². The first-order chi connectivity index (χ1) is 5.17. The van der Waals surface area contributed by atoms with Crippen molar-refractivity contribution >= 4 is 11.3 Å². The Bertz CT molecular complexity index is 210. The maximum atomic E-state index is 12.9. The molecule has 0 unspecified atom stereocenters. The molecule has 0 spiro atoms. The minimum atomic E-state index is -2.84. The van der Waals surface area contributed by atoms with Crippen LogP contribution in [0.25, 0.3) is 0 Å². The molecule has 2 N–H and O–H groups in total. The molecule has 0 amide bonds. The molecule has 1 aromatic heterocycles. The topological polar surface area (TPSA) is 38.9 Å². The second-order valence-electron chi connectivity index (χ2n) is 2.08. The largest absolute Gasteiger partial charge is 0.330 e. The number of thiazole rings is 1. The lowest BCUT2D eigenvalue weighted by Crippen LogP contribution is -2.18. The van der Waals surface area contributed by atoms with Gasteiger partial charge in [0.1, 0.15) is 0 Å². The molecule has 0 aliphatic heterocycles. The number of alkyl halides is 2. The lowest BCUT2D eigenvalue weighted by molar-refractivity contribution is -0.0109. The van der Waals surface area contributed by atoms with Crippen molar-refractivity contribution in [3.8, 4) is 0 Å². The minimum Gasteiger partial charge on any atom is -0.330 e. The molecule has 0 aliphatic carbocycles. The lowest BCUT2D eigenvalue weighted by atomic mass is 10.2. The van der Waals surface area contributed by atoms with Crippen LogP contribution in [0.1, 0.15) is 11.4 Å². The lowest BCUT2D eigenvalue weighted by Gasteiger charge is -2.10. The number of hydrogen-bond acceptors (Lipinski definition) is 3. The Morgan fingerprint density at radius 2 is 2.36 bits per heavy atom. The third-order valence-corrected chi connectivity index (χ3v) is 2.09. The zero-order valence-corrected chi connectivity index (χ0v) is 6.57. The molecule has 0 fully saturated rings. The number of nitrogens with two attached hydrogens (primary N) is 1. The van der Waals surface area contributed by atoms with E-state index in [1.54, 1.807) is 0 Å². The molecule has 1 rings (SSSR count). The minimum absolute atomic E-state index is 0.0213. The Morgan fingerprint density at radius 3 is 2.82 bits per heavy atom. The fourth-order valence-corrected chi connectivity index (χ4v) is 1.34. The van der Waals surface area contributed by atoms with Crippen molar-refractivity contribution < 1.29 is 8.78 Å². The Balaban J connectivity index is 2.73. The molecule has 0 atom stereocenters. The van der Waals surface area contributed by atoms with Crippen LogP contribution in [-0.2, 0) is 5.92 Å². The number of halogens is 2. The van der Waals surface area contributed by atoms with Crippen LogP contribution < -0.4 is 5.73 Å². The van der Waals surface area contributed by atoms with Crippen LogP contribution in [0.5, 0.6) is 0 Å². The molecule has 1 heterocycles. The standard InChI is InChI=1S/C6H8F2N2S/c7-6(8,1-2-9)5-10-3-4-11-5/h3-4H,1-2,9H2. The smallest absolute Gasteiger partial charge is 0.300 e. The summed E-state index contributed by atoms with van der Waals surface area (Å²) in [6.45, 7) is -0.0213. The van der Waals surface area contributed by atoms with Gasteiger partial charge in [-0.05, 0) is 6.54 Å². The highest BCUT2D eigenvalue weighted by Gasteiger charge is 2.32. The van der Waals surface area contributed by atoms with Crippen molar-refractivity contribution in [1.29, 1.82) is 0 Å². The molecular weight excluding hydrogens is 170 g/mol. The van der Waals surface area contributed by atoms with Crippen LogP contribution in [0, 0.1) is 0 Å². The molecule has 0 aromatic carbocycles. The monoisotopic (exact) mass is 178 g/mol. The Kier molecular flexibility index (Phi) is 2.51. The Hall–Kier alpha value is -0.550. The number of nitrogens with zero attached hydrogens (tertiary/aromatic N) is 1. The van der Waals surface area contributed by atoms with E-state index in [4.69, 9.17) is 5.73 Å². The molecular formula is C6H8F2N2S. The van der Waals surface area contributed by atoms with Crippen LogP contribution in [0.15, 0.2) is 11.6 Å². The summed E-state index contributed by atoms with van der Waals surface area (Å²) in [6, 6.07) is 0. The van der Waals surface area contributed by atoms with E-state index in [1.807, 2.05) is 0 Å². The molecule has 0 aliphatic rings. The SMILES string of the molecule is NCCC(F)(F)c1nccs1. The highest BCUT2D eigenvalue weighted by atomic mass is 32.1. The maximum absolute atomic E-state index is 12.9. The Morgan fingerprint density at radius 1 is 1.64 bits per heavy atom. The second kappa shape index (κ2) is 3.23. The van der Waals surface area contributed by atoms with Gasteiger partial charge in [0.25, 0.3) is 5.92 Å². The predicted octanol–water partition coefficient (Wildman–Crippen LogP) is 1.58. The van der Waals surface area contributed by atoms with E-state index in [9.17, 15) is 8.78 Å². The summed E-state index contributed by atoms with van der Waals surface area (Å²) in [5, 5.41) is 1.38. The fourth-order valence-electron chi connectivity index (χ4n) is 0.692. The zero-order valence-electron chi connectivity index (χ0n) is 5.76. The molecule has 0 radical (unpaired) electrons. The highest BCUT2D eigenvalue weighted by Crippen LogP contribution is 2.31. The molecule has 0 bridgehead atoms. The number of aromatic nitrogens is 1. The molecule has 2 nitrogen and oxygen atoms in total. The zero-order chi connectivity index (χ0) is 8.32. The summed E-state index contributed by atoms with van der Waals surface area (Å²) < 4.78 is 25.7. The average Bonchev–Trinajstić information content (AvgIpc) is 2.37. The molecule has 5 heteroatoms. The van der Waals surface area contributed by atoms with E-state index in [0.717, 1.165) is 11.3 Å². The predicted molar refractivity (Wildman–Crippen MR) is 39.7 cm³/mol. The molecule has 11 heavy (non-hydrogen) atoms.